The summed E-state index contributed by atoms with van der Waals surface area (Å²) in [5.41, 5.74) is 2.78. The van der Waals surface area contributed by atoms with Gasteiger partial charge in [0.1, 0.15) is 6.26 Å². The summed E-state index contributed by atoms with van der Waals surface area (Å²) in [4.78, 5) is 20.2. The topological polar surface area (TPSA) is 73.0 Å². The Balaban J connectivity index is 0.00000182. The Hall–Kier alpha value is -3.12. The van der Waals surface area contributed by atoms with Crippen molar-refractivity contribution in [1.29, 1.82) is 0 Å². The molecule has 0 saturated carbocycles. The largest absolute Gasteiger partial charge is 0.419 e. The van der Waals surface area contributed by atoms with Crippen LogP contribution in [0, 0.1) is 0 Å². The van der Waals surface area contributed by atoms with Gasteiger partial charge in [0.2, 0.25) is 5.95 Å². The molecule has 4 aromatic rings. The van der Waals surface area contributed by atoms with E-state index in [1.807, 2.05) is 48.5 Å². The van der Waals surface area contributed by atoms with Crippen LogP contribution in [0.25, 0.3) is 10.9 Å². The van der Waals surface area contributed by atoms with Gasteiger partial charge in [0, 0.05) is 23.5 Å². The maximum Gasteiger partial charge on any atom is 0.419 e. The molecule has 0 aliphatic rings. The molecule has 6 nitrogen and oxygen atoms in total. The molecule has 2 heterocycles. The fourth-order valence-electron chi connectivity index (χ4n) is 2.46. The number of benzene rings is 2. The van der Waals surface area contributed by atoms with E-state index in [0.29, 0.717) is 12.5 Å². The minimum Gasteiger partial charge on any atom is -0.416 e. The number of oxazole rings is 1. The zero-order valence-corrected chi connectivity index (χ0v) is 13.9. The van der Waals surface area contributed by atoms with Crippen molar-refractivity contribution < 1.29 is 4.42 Å². The fourth-order valence-corrected chi connectivity index (χ4v) is 2.46. The fraction of sp³-hybridized carbons (Fsp3) is 0.0556. The number of anilines is 2. The van der Waals surface area contributed by atoms with Crippen molar-refractivity contribution in [2.45, 2.75) is 6.54 Å². The molecule has 2 aromatic carbocycles. The Morgan fingerprint density at radius 1 is 1.08 bits per heavy atom. The maximum atomic E-state index is 11.4. The molecule has 2 aromatic heterocycles. The highest BCUT2D eigenvalue weighted by atomic mass is 35.5. The van der Waals surface area contributed by atoms with Crippen molar-refractivity contribution in [2.24, 2.45) is 0 Å². The number of fused-ring (bicyclic) bond motifs is 1. The molecule has 1 N–H and O–H groups in total. The van der Waals surface area contributed by atoms with Crippen LogP contribution >= 0.6 is 12.4 Å². The quantitative estimate of drug-likeness (QED) is 0.606. The number of nitrogens with zero attached hydrogens (tertiary/aromatic N) is 3. The van der Waals surface area contributed by atoms with E-state index >= 15 is 0 Å². The van der Waals surface area contributed by atoms with Gasteiger partial charge in [-0.2, -0.15) is 0 Å². The Morgan fingerprint density at radius 2 is 1.88 bits per heavy atom. The average molecular weight is 355 g/mol. The lowest BCUT2D eigenvalue weighted by Crippen LogP contribution is -2.13. The lowest BCUT2D eigenvalue weighted by atomic mass is 10.2. The highest BCUT2D eigenvalue weighted by Gasteiger charge is 2.02. The van der Waals surface area contributed by atoms with Crippen LogP contribution in [0.15, 0.2) is 76.4 Å². The van der Waals surface area contributed by atoms with E-state index in [4.69, 9.17) is 4.42 Å². The second-order valence-electron chi connectivity index (χ2n) is 5.37. The van der Waals surface area contributed by atoms with Gasteiger partial charge in [-0.05, 0) is 23.8 Å². The summed E-state index contributed by atoms with van der Waals surface area (Å²) < 4.78 is 6.26. The minimum absolute atomic E-state index is 0. The lowest BCUT2D eigenvalue weighted by molar-refractivity contribution is 0.487. The predicted octanol–water partition coefficient (Wildman–Crippen LogP) is 3.60. The van der Waals surface area contributed by atoms with Gasteiger partial charge in [-0.1, -0.05) is 30.3 Å². The van der Waals surface area contributed by atoms with Gasteiger partial charge < -0.3 is 9.73 Å². The number of halogens is 1. The molecule has 0 unspecified atom stereocenters. The van der Waals surface area contributed by atoms with Crippen LogP contribution < -0.4 is 11.1 Å². The van der Waals surface area contributed by atoms with Gasteiger partial charge in [-0.3, -0.25) is 4.57 Å². The van der Waals surface area contributed by atoms with E-state index < -0.39 is 0 Å². The summed E-state index contributed by atoms with van der Waals surface area (Å²) in [7, 11) is 0. The highest BCUT2D eigenvalue weighted by molar-refractivity contribution is 5.85. The molecule has 0 saturated heterocycles. The zero-order chi connectivity index (χ0) is 16.4. The van der Waals surface area contributed by atoms with E-state index in [9.17, 15) is 4.79 Å². The first-order valence-electron chi connectivity index (χ1n) is 7.50. The summed E-state index contributed by atoms with van der Waals surface area (Å²) in [6, 6.07) is 15.6. The molecule has 0 aliphatic carbocycles. The first-order chi connectivity index (χ1) is 11.8. The van der Waals surface area contributed by atoms with Crippen LogP contribution in [-0.2, 0) is 6.54 Å². The van der Waals surface area contributed by atoms with E-state index in [0.717, 1.165) is 22.2 Å². The van der Waals surface area contributed by atoms with E-state index in [1.54, 1.807) is 12.4 Å². The van der Waals surface area contributed by atoms with E-state index in [-0.39, 0.29) is 18.2 Å². The average Bonchev–Trinajstić information content (AvgIpc) is 3.01. The van der Waals surface area contributed by atoms with Gasteiger partial charge in [0.15, 0.2) is 0 Å². The maximum absolute atomic E-state index is 11.4. The predicted molar refractivity (Wildman–Crippen MR) is 98.6 cm³/mol. The molecule has 0 aliphatic heterocycles. The number of para-hydroxylation sites is 1. The number of aromatic nitrogens is 3. The second-order valence-corrected chi connectivity index (χ2v) is 5.37. The van der Waals surface area contributed by atoms with Crippen LogP contribution in [0.4, 0.5) is 11.6 Å². The Bertz CT molecular complexity index is 1040. The molecule has 7 heteroatoms. The lowest BCUT2D eigenvalue weighted by Gasteiger charge is -2.07. The van der Waals surface area contributed by atoms with Gasteiger partial charge in [-0.15, -0.1) is 12.4 Å². The molecular formula is C18H15ClN4O2. The molecule has 25 heavy (non-hydrogen) atoms. The van der Waals surface area contributed by atoms with Crippen LogP contribution in [0.3, 0.4) is 0 Å². The summed E-state index contributed by atoms with van der Waals surface area (Å²) in [6.45, 7) is 0.474. The van der Waals surface area contributed by atoms with Crippen LogP contribution in [0.2, 0.25) is 0 Å². The molecule has 0 radical (unpaired) electrons. The highest BCUT2D eigenvalue weighted by Crippen LogP contribution is 2.17. The molecule has 0 atom stereocenters. The van der Waals surface area contributed by atoms with Crippen molar-refractivity contribution >= 4 is 34.9 Å². The summed E-state index contributed by atoms with van der Waals surface area (Å²) in [6.07, 6.45) is 4.80. The third-order valence-electron chi connectivity index (χ3n) is 3.70. The minimum atomic E-state index is -0.359. The van der Waals surface area contributed by atoms with Crippen LogP contribution in [-0.4, -0.2) is 14.5 Å². The first kappa shape index (κ1) is 16.7. The first-order valence-corrected chi connectivity index (χ1v) is 7.50. The number of rotatable bonds is 4. The van der Waals surface area contributed by atoms with Crippen molar-refractivity contribution in [2.75, 3.05) is 5.32 Å². The third kappa shape index (κ3) is 3.70. The SMILES string of the molecule is Cl.O=c1occn1Cc1ccc(Nc2ncc3ccccc3n2)cc1. The van der Waals surface area contributed by atoms with Gasteiger partial charge >= 0.3 is 5.76 Å². The van der Waals surface area contributed by atoms with Crippen LogP contribution in [0.1, 0.15) is 5.56 Å². The second kappa shape index (κ2) is 7.19. The number of hydrogen-bond donors (Lipinski definition) is 1. The monoisotopic (exact) mass is 354 g/mol. The Kier molecular flexibility index (Phi) is 4.81. The molecule has 0 spiro atoms. The summed E-state index contributed by atoms with van der Waals surface area (Å²) in [5, 5.41) is 4.19. The summed E-state index contributed by atoms with van der Waals surface area (Å²) in [5.74, 6) is 0.189. The molecule has 0 amide bonds. The Labute approximate surface area is 149 Å². The smallest absolute Gasteiger partial charge is 0.416 e. The number of nitrogens with one attached hydrogen (secondary N) is 1. The molecular weight excluding hydrogens is 340 g/mol. The van der Waals surface area contributed by atoms with E-state index in [2.05, 4.69) is 15.3 Å². The molecule has 0 bridgehead atoms. The van der Waals surface area contributed by atoms with Gasteiger partial charge in [0.05, 0.1) is 12.1 Å². The van der Waals surface area contributed by atoms with Crippen molar-refractivity contribution in [3.8, 4) is 0 Å². The van der Waals surface area contributed by atoms with Gasteiger partial charge in [-0.25, -0.2) is 14.8 Å². The van der Waals surface area contributed by atoms with Gasteiger partial charge in [0.25, 0.3) is 0 Å². The third-order valence-corrected chi connectivity index (χ3v) is 3.70. The molecule has 126 valence electrons. The molecule has 4 rings (SSSR count). The van der Waals surface area contributed by atoms with Crippen molar-refractivity contribution in [3.63, 3.8) is 0 Å². The van der Waals surface area contributed by atoms with Crippen molar-refractivity contribution in [1.82, 2.24) is 14.5 Å². The standard InChI is InChI=1S/C18H14N4O2.ClH/c23-18-22(9-10-24-18)12-13-5-7-15(8-6-13)20-17-19-11-14-3-1-2-4-16(14)21-17;/h1-11H,12H2,(H,19,20,21);1H. The number of hydrogen-bond acceptors (Lipinski definition) is 5. The molecule has 0 fully saturated rings. The normalized spacial score (nSPS) is 10.4. The van der Waals surface area contributed by atoms with Crippen molar-refractivity contribution in [3.05, 3.63) is 83.3 Å². The summed E-state index contributed by atoms with van der Waals surface area (Å²) >= 11 is 0. The van der Waals surface area contributed by atoms with E-state index in [1.165, 1.54) is 10.8 Å². The zero-order valence-electron chi connectivity index (χ0n) is 13.1. The van der Waals surface area contributed by atoms with Crippen LogP contribution in [0.5, 0.6) is 0 Å². The Morgan fingerprint density at radius 3 is 2.64 bits per heavy atom.